The van der Waals surface area contributed by atoms with Crippen LogP contribution in [0.5, 0.6) is 5.75 Å². The van der Waals surface area contributed by atoms with Gasteiger partial charge in [0.15, 0.2) is 0 Å². The fraction of sp³-hybridized carbons (Fsp3) is 0.308. The fourth-order valence-corrected chi connectivity index (χ4v) is 3.34. The summed E-state index contributed by atoms with van der Waals surface area (Å²) in [5.41, 5.74) is 3.68. The monoisotopic (exact) mass is 435 g/mol. The van der Waals surface area contributed by atoms with E-state index in [1.54, 1.807) is 18.3 Å². The first-order valence-corrected chi connectivity index (χ1v) is 10.9. The maximum Gasteiger partial charge on any atom is 0.226 e. The summed E-state index contributed by atoms with van der Waals surface area (Å²) in [6, 6.07) is 11.9. The van der Waals surface area contributed by atoms with E-state index in [9.17, 15) is 4.79 Å². The SMILES string of the molecule is C=C/C=C(\C=C)CNC(=O)Cc1ccc(-c2ccc(OCCN3CCOCC3)cc2)cn1.[HH]. The summed E-state index contributed by atoms with van der Waals surface area (Å²) in [7, 11) is 0. The van der Waals surface area contributed by atoms with E-state index >= 15 is 0 Å². The van der Waals surface area contributed by atoms with Gasteiger partial charge >= 0.3 is 0 Å². The Hall–Kier alpha value is -3.22. The third-order valence-corrected chi connectivity index (χ3v) is 5.22. The van der Waals surface area contributed by atoms with Crippen molar-refractivity contribution in [3.63, 3.8) is 0 Å². The first kappa shape index (κ1) is 23.4. The van der Waals surface area contributed by atoms with Gasteiger partial charge in [0.05, 0.1) is 19.6 Å². The van der Waals surface area contributed by atoms with Crippen LogP contribution in [0.15, 0.2) is 79.6 Å². The molecule has 1 N–H and O–H groups in total. The Morgan fingerprint density at radius 3 is 2.56 bits per heavy atom. The number of amides is 1. The molecule has 0 radical (unpaired) electrons. The molecule has 6 heteroatoms. The van der Waals surface area contributed by atoms with Crippen molar-refractivity contribution >= 4 is 5.91 Å². The second-order valence-corrected chi connectivity index (χ2v) is 7.50. The Kier molecular flexibility index (Phi) is 9.22. The quantitative estimate of drug-likeness (QED) is 0.546. The number of hydrogen-bond donors (Lipinski definition) is 1. The Morgan fingerprint density at radius 1 is 1.16 bits per heavy atom. The largest absolute Gasteiger partial charge is 0.492 e. The van der Waals surface area contributed by atoms with Crippen LogP contribution >= 0.6 is 0 Å². The van der Waals surface area contributed by atoms with Crippen LogP contribution in [0, 0.1) is 0 Å². The number of pyridine rings is 1. The maximum atomic E-state index is 12.2. The van der Waals surface area contributed by atoms with Crippen molar-refractivity contribution in [3.05, 3.63) is 85.2 Å². The topological polar surface area (TPSA) is 63.7 Å². The normalized spacial score (nSPS) is 14.6. The number of morpholine rings is 1. The highest BCUT2D eigenvalue weighted by molar-refractivity contribution is 5.78. The number of hydrogen-bond acceptors (Lipinski definition) is 5. The second-order valence-electron chi connectivity index (χ2n) is 7.50. The molecule has 32 heavy (non-hydrogen) atoms. The number of nitrogens with one attached hydrogen (secondary N) is 1. The van der Waals surface area contributed by atoms with Crippen LogP contribution in [0.25, 0.3) is 11.1 Å². The minimum Gasteiger partial charge on any atom is -0.492 e. The molecule has 6 nitrogen and oxygen atoms in total. The van der Waals surface area contributed by atoms with Crippen molar-refractivity contribution in [2.24, 2.45) is 0 Å². The van der Waals surface area contributed by atoms with Gasteiger partial charge in [0.25, 0.3) is 0 Å². The van der Waals surface area contributed by atoms with Gasteiger partial charge < -0.3 is 14.8 Å². The molecule has 0 unspecified atom stereocenters. The molecule has 170 valence electrons. The van der Waals surface area contributed by atoms with Gasteiger partial charge in [0, 0.05) is 45.1 Å². The van der Waals surface area contributed by atoms with Gasteiger partial charge in [0.1, 0.15) is 12.4 Å². The molecule has 0 atom stereocenters. The zero-order valence-corrected chi connectivity index (χ0v) is 18.5. The van der Waals surface area contributed by atoms with Crippen molar-refractivity contribution in [3.8, 4) is 16.9 Å². The molecule has 3 rings (SSSR count). The van der Waals surface area contributed by atoms with Crippen LogP contribution in [0.3, 0.4) is 0 Å². The highest BCUT2D eigenvalue weighted by Gasteiger charge is 2.10. The Bertz CT molecular complexity index is 921. The second kappa shape index (κ2) is 12.6. The first-order valence-electron chi connectivity index (χ1n) is 10.9. The summed E-state index contributed by atoms with van der Waals surface area (Å²) in [6.07, 6.45) is 7.22. The van der Waals surface area contributed by atoms with Gasteiger partial charge in [-0.1, -0.05) is 49.6 Å². The Morgan fingerprint density at radius 2 is 1.91 bits per heavy atom. The molecule has 2 heterocycles. The predicted octanol–water partition coefficient (Wildman–Crippen LogP) is 3.66. The van der Waals surface area contributed by atoms with E-state index in [4.69, 9.17) is 9.47 Å². The number of carbonyl (C=O) groups excluding carboxylic acids is 1. The van der Waals surface area contributed by atoms with Crippen LogP contribution in [0.2, 0.25) is 0 Å². The predicted molar refractivity (Wildman–Crippen MR) is 130 cm³/mol. The van der Waals surface area contributed by atoms with Crippen molar-refractivity contribution in [1.29, 1.82) is 0 Å². The average Bonchev–Trinajstić information content (AvgIpc) is 2.83. The summed E-state index contributed by atoms with van der Waals surface area (Å²) in [4.78, 5) is 18.9. The molecule has 1 amide bonds. The van der Waals surface area contributed by atoms with E-state index in [0.717, 1.165) is 61.0 Å². The van der Waals surface area contributed by atoms with Crippen LogP contribution in [0.1, 0.15) is 7.12 Å². The first-order chi connectivity index (χ1) is 15.7. The summed E-state index contributed by atoms with van der Waals surface area (Å²) < 4.78 is 11.2. The molecule has 1 aromatic carbocycles. The van der Waals surface area contributed by atoms with Gasteiger partial charge in [-0.25, -0.2) is 0 Å². The van der Waals surface area contributed by atoms with Gasteiger partial charge in [-0.05, 0) is 29.3 Å². The number of rotatable bonds is 11. The third kappa shape index (κ3) is 7.48. The molecule has 0 bridgehead atoms. The zero-order valence-electron chi connectivity index (χ0n) is 18.5. The summed E-state index contributed by atoms with van der Waals surface area (Å²) in [6.45, 7) is 12.9. The van der Waals surface area contributed by atoms with Crippen molar-refractivity contribution in [1.82, 2.24) is 15.2 Å². The van der Waals surface area contributed by atoms with Gasteiger partial charge in [-0.15, -0.1) is 0 Å². The lowest BCUT2D eigenvalue weighted by molar-refractivity contribution is -0.120. The number of nitrogens with zero attached hydrogens (tertiary/aromatic N) is 2. The molecule has 0 saturated carbocycles. The van der Waals surface area contributed by atoms with Crippen LogP contribution in [0.4, 0.5) is 0 Å². The molecule has 1 aromatic heterocycles. The Labute approximate surface area is 191 Å². The lowest BCUT2D eigenvalue weighted by Crippen LogP contribution is -2.38. The summed E-state index contributed by atoms with van der Waals surface area (Å²) in [5, 5.41) is 2.87. The smallest absolute Gasteiger partial charge is 0.226 e. The molecule has 0 spiro atoms. The van der Waals surface area contributed by atoms with Crippen LogP contribution in [-0.4, -0.2) is 61.8 Å². The van der Waals surface area contributed by atoms with E-state index < -0.39 is 0 Å². The fourth-order valence-electron chi connectivity index (χ4n) is 3.34. The standard InChI is InChI=1S/C26H31N3O3.H2/c1-3-5-21(4-2)19-28-26(30)18-24-9-6-23(20-27-24)22-7-10-25(11-8-22)32-17-14-29-12-15-31-16-13-29;/h3-11,20H,1-2,12-19H2,(H,28,30);1H/b21-5+;. The van der Waals surface area contributed by atoms with E-state index in [0.29, 0.717) is 13.2 Å². The zero-order chi connectivity index (χ0) is 22.6. The summed E-state index contributed by atoms with van der Waals surface area (Å²) >= 11 is 0. The molecular formula is C26H33N3O3. The van der Waals surface area contributed by atoms with Crippen molar-refractivity contribution in [2.45, 2.75) is 6.42 Å². The Balaban J connectivity index is 0.00000385. The van der Waals surface area contributed by atoms with E-state index in [1.807, 2.05) is 42.5 Å². The lowest BCUT2D eigenvalue weighted by Gasteiger charge is -2.26. The van der Waals surface area contributed by atoms with E-state index in [-0.39, 0.29) is 13.8 Å². The van der Waals surface area contributed by atoms with Crippen LogP contribution < -0.4 is 10.1 Å². The molecule has 1 fully saturated rings. The van der Waals surface area contributed by atoms with Crippen molar-refractivity contribution in [2.75, 3.05) is 46.0 Å². The molecule has 0 aliphatic carbocycles. The van der Waals surface area contributed by atoms with Gasteiger partial charge in [0.2, 0.25) is 5.91 Å². The molecule has 1 saturated heterocycles. The van der Waals surface area contributed by atoms with Gasteiger partial charge in [-0.2, -0.15) is 0 Å². The average molecular weight is 436 g/mol. The van der Waals surface area contributed by atoms with Crippen LogP contribution in [-0.2, 0) is 16.0 Å². The highest BCUT2D eigenvalue weighted by atomic mass is 16.5. The van der Waals surface area contributed by atoms with Crippen molar-refractivity contribution < 1.29 is 15.7 Å². The molecule has 1 aliphatic rings. The number of allylic oxidation sites excluding steroid dienone is 2. The number of aromatic nitrogens is 1. The van der Waals surface area contributed by atoms with Gasteiger partial charge in [-0.3, -0.25) is 14.7 Å². The summed E-state index contributed by atoms with van der Waals surface area (Å²) in [5.74, 6) is 0.772. The lowest BCUT2D eigenvalue weighted by atomic mass is 10.1. The maximum absolute atomic E-state index is 12.2. The molecule has 2 aromatic rings. The third-order valence-electron chi connectivity index (χ3n) is 5.22. The minimum atomic E-state index is -0.0827. The van der Waals surface area contributed by atoms with E-state index in [1.165, 1.54) is 0 Å². The number of ether oxygens (including phenoxy) is 2. The minimum absolute atomic E-state index is 0. The molecule has 1 aliphatic heterocycles. The number of carbonyl (C=O) groups is 1. The molecular weight excluding hydrogens is 402 g/mol. The highest BCUT2D eigenvalue weighted by Crippen LogP contribution is 2.22. The number of benzene rings is 1. The van der Waals surface area contributed by atoms with E-state index in [2.05, 4.69) is 28.4 Å².